The van der Waals surface area contributed by atoms with Crippen molar-refractivity contribution in [1.82, 2.24) is 20.1 Å². The first-order valence-corrected chi connectivity index (χ1v) is 8.23. The number of nitrogens with one attached hydrogen (secondary N) is 2. The third kappa shape index (κ3) is 3.78. The van der Waals surface area contributed by atoms with Crippen LogP contribution in [-0.4, -0.2) is 27.2 Å². The second kappa shape index (κ2) is 6.78. The Morgan fingerprint density at radius 3 is 2.72 bits per heavy atom. The number of aromatic nitrogens is 3. The van der Waals surface area contributed by atoms with E-state index in [1.165, 1.54) is 19.2 Å². The Kier molecular flexibility index (Phi) is 4.69. The molecule has 2 atom stereocenters. The molecule has 1 aromatic heterocycles. The Labute approximate surface area is 143 Å². The van der Waals surface area contributed by atoms with Gasteiger partial charge in [0.15, 0.2) is 0 Å². The van der Waals surface area contributed by atoms with Gasteiger partial charge in [-0.1, -0.05) is 13.0 Å². The molecule has 6 nitrogen and oxygen atoms in total. The van der Waals surface area contributed by atoms with Crippen molar-refractivity contribution in [2.75, 3.05) is 6.54 Å². The van der Waals surface area contributed by atoms with Crippen molar-refractivity contribution in [3.63, 3.8) is 0 Å². The first-order chi connectivity index (χ1) is 11.9. The van der Waals surface area contributed by atoms with Gasteiger partial charge in [-0.3, -0.25) is 9.78 Å². The molecule has 8 heteroatoms. The van der Waals surface area contributed by atoms with Crippen molar-refractivity contribution in [3.05, 3.63) is 51.7 Å². The van der Waals surface area contributed by atoms with E-state index in [1.807, 2.05) is 6.92 Å². The summed E-state index contributed by atoms with van der Waals surface area (Å²) in [6, 6.07) is 3.59. The standard InChI is InChI=1S/C17H20F2N4O2/c1-9(12-6-5-11(18)7-14(12)19)13(10-3-4-10)8-20-16(24)15-21-17(25)23(2)22-15/h5-7,9-10,13H,3-4,8H2,1-2H3,(H,20,24)(H,21,22,25). The molecular weight excluding hydrogens is 330 g/mol. The SMILES string of the molecule is CC(c1ccc(F)cc1F)C(CNC(=O)c1nn(C)c(=O)[nH]1)C1CC1. The van der Waals surface area contributed by atoms with Crippen molar-refractivity contribution in [1.29, 1.82) is 0 Å². The maximum Gasteiger partial charge on any atom is 0.343 e. The lowest BCUT2D eigenvalue weighted by Crippen LogP contribution is -2.33. The first-order valence-electron chi connectivity index (χ1n) is 8.23. The number of aromatic amines is 1. The molecule has 1 amide bonds. The zero-order valence-electron chi connectivity index (χ0n) is 14.1. The third-order valence-corrected chi connectivity index (χ3v) is 4.81. The number of halogens is 2. The molecule has 1 fully saturated rings. The molecule has 0 saturated heterocycles. The molecule has 2 N–H and O–H groups in total. The molecule has 1 saturated carbocycles. The topological polar surface area (TPSA) is 79.8 Å². The van der Waals surface area contributed by atoms with Crippen LogP contribution in [0.4, 0.5) is 8.78 Å². The Hall–Kier alpha value is -2.51. The first kappa shape index (κ1) is 17.3. The second-order valence-corrected chi connectivity index (χ2v) is 6.57. The Morgan fingerprint density at radius 2 is 2.16 bits per heavy atom. The quantitative estimate of drug-likeness (QED) is 0.836. The number of aryl methyl sites for hydroxylation is 1. The Bertz CT molecular complexity index is 841. The summed E-state index contributed by atoms with van der Waals surface area (Å²) in [7, 11) is 1.45. The van der Waals surface area contributed by atoms with E-state index in [0.717, 1.165) is 23.6 Å². The van der Waals surface area contributed by atoms with E-state index in [9.17, 15) is 18.4 Å². The van der Waals surface area contributed by atoms with Crippen molar-refractivity contribution in [3.8, 4) is 0 Å². The highest BCUT2D eigenvalue weighted by atomic mass is 19.1. The van der Waals surface area contributed by atoms with Crippen LogP contribution >= 0.6 is 0 Å². The summed E-state index contributed by atoms with van der Waals surface area (Å²) in [5, 5.41) is 6.57. The summed E-state index contributed by atoms with van der Waals surface area (Å²) in [4.78, 5) is 25.9. The maximum atomic E-state index is 14.1. The van der Waals surface area contributed by atoms with Gasteiger partial charge in [-0.05, 0) is 42.2 Å². The molecule has 134 valence electrons. The number of carbonyl (C=O) groups is 1. The molecule has 2 unspecified atom stereocenters. The van der Waals surface area contributed by atoms with Crippen LogP contribution in [0.3, 0.4) is 0 Å². The summed E-state index contributed by atoms with van der Waals surface area (Å²) in [6.45, 7) is 2.22. The molecule has 1 aliphatic rings. The van der Waals surface area contributed by atoms with E-state index >= 15 is 0 Å². The fraction of sp³-hybridized carbons (Fsp3) is 0.471. The van der Waals surface area contributed by atoms with E-state index in [2.05, 4.69) is 15.4 Å². The highest BCUT2D eigenvalue weighted by Gasteiger charge is 2.36. The number of hydrogen-bond donors (Lipinski definition) is 2. The second-order valence-electron chi connectivity index (χ2n) is 6.57. The van der Waals surface area contributed by atoms with Crippen LogP contribution in [0.2, 0.25) is 0 Å². The number of nitrogens with zero attached hydrogens (tertiary/aromatic N) is 2. The number of hydrogen-bond acceptors (Lipinski definition) is 3. The molecule has 25 heavy (non-hydrogen) atoms. The van der Waals surface area contributed by atoms with Gasteiger partial charge in [0.2, 0.25) is 5.82 Å². The molecule has 3 rings (SSSR count). The molecule has 1 heterocycles. The predicted molar refractivity (Wildman–Crippen MR) is 87.1 cm³/mol. The summed E-state index contributed by atoms with van der Waals surface area (Å²) < 4.78 is 28.2. The van der Waals surface area contributed by atoms with Crippen LogP contribution in [0.5, 0.6) is 0 Å². The minimum absolute atomic E-state index is 0.0272. The smallest absolute Gasteiger partial charge is 0.343 e. The lowest BCUT2D eigenvalue weighted by molar-refractivity contribution is 0.0932. The molecule has 0 bridgehead atoms. The van der Waals surface area contributed by atoms with E-state index < -0.39 is 23.2 Å². The molecular formula is C17H20F2N4O2. The highest BCUT2D eigenvalue weighted by molar-refractivity contribution is 5.90. The number of benzene rings is 1. The van der Waals surface area contributed by atoms with E-state index in [0.29, 0.717) is 18.0 Å². The lowest BCUT2D eigenvalue weighted by atomic mass is 9.83. The van der Waals surface area contributed by atoms with Gasteiger partial charge in [0, 0.05) is 19.7 Å². The van der Waals surface area contributed by atoms with Gasteiger partial charge in [0.25, 0.3) is 5.91 Å². The Morgan fingerprint density at radius 1 is 1.44 bits per heavy atom. The molecule has 1 aliphatic carbocycles. The zero-order chi connectivity index (χ0) is 18.1. The molecule has 0 aliphatic heterocycles. The van der Waals surface area contributed by atoms with Crippen LogP contribution in [0.25, 0.3) is 0 Å². The third-order valence-electron chi connectivity index (χ3n) is 4.81. The number of carbonyl (C=O) groups excluding carboxylic acids is 1. The molecule has 1 aromatic carbocycles. The van der Waals surface area contributed by atoms with Crippen molar-refractivity contribution in [2.45, 2.75) is 25.7 Å². The average molecular weight is 350 g/mol. The van der Waals surface area contributed by atoms with Crippen LogP contribution in [0, 0.1) is 23.5 Å². The normalized spacial score (nSPS) is 16.5. The molecule has 0 radical (unpaired) electrons. The molecule has 2 aromatic rings. The van der Waals surface area contributed by atoms with E-state index in [4.69, 9.17) is 0 Å². The van der Waals surface area contributed by atoms with Crippen molar-refractivity contribution >= 4 is 5.91 Å². The molecule has 0 spiro atoms. The van der Waals surface area contributed by atoms with Gasteiger partial charge in [-0.25, -0.2) is 18.3 Å². The van der Waals surface area contributed by atoms with Gasteiger partial charge in [0.05, 0.1) is 0 Å². The largest absolute Gasteiger partial charge is 0.349 e. The summed E-state index contributed by atoms with van der Waals surface area (Å²) in [5.74, 6) is -1.46. The van der Waals surface area contributed by atoms with Crippen LogP contribution in [-0.2, 0) is 7.05 Å². The van der Waals surface area contributed by atoms with Gasteiger partial charge < -0.3 is 5.32 Å². The van der Waals surface area contributed by atoms with Crippen molar-refractivity contribution < 1.29 is 13.6 Å². The number of H-pyrrole nitrogens is 1. The minimum Gasteiger partial charge on any atom is -0.349 e. The van der Waals surface area contributed by atoms with E-state index in [1.54, 1.807) is 0 Å². The van der Waals surface area contributed by atoms with Gasteiger partial charge >= 0.3 is 5.69 Å². The van der Waals surface area contributed by atoms with Gasteiger partial charge in [0.1, 0.15) is 11.6 Å². The van der Waals surface area contributed by atoms with Crippen LogP contribution in [0.15, 0.2) is 23.0 Å². The van der Waals surface area contributed by atoms with Gasteiger partial charge in [-0.15, -0.1) is 5.10 Å². The van der Waals surface area contributed by atoms with Gasteiger partial charge in [-0.2, -0.15) is 0 Å². The lowest BCUT2D eigenvalue weighted by Gasteiger charge is -2.25. The van der Waals surface area contributed by atoms with Crippen LogP contribution in [0.1, 0.15) is 41.9 Å². The fourth-order valence-electron chi connectivity index (χ4n) is 3.18. The number of rotatable bonds is 6. The summed E-state index contributed by atoms with van der Waals surface area (Å²) in [5.41, 5.74) is -0.0237. The van der Waals surface area contributed by atoms with Crippen molar-refractivity contribution in [2.24, 2.45) is 18.9 Å². The monoisotopic (exact) mass is 350 g/mol. The average Bonchev–Trinajstić information content (AvgIpc) is 3.33. The summed E-state index contributed by atoms with van der Waals surface area (Å²) in [6.07, 6.45) is 2.04. The summed E-state index contributed by atoms with van der Waals surface area (Å²) >= 11 is 0. The highest BCUT2D eigenvalue weighted by Crippen LogP contribution is 2.44. The van der Waals surface area contributed by atoms with E-state index in [-0.39, 0.29) is 17.7 Å². The Balaban J connectivity index is 1.71. The van der Waals surface area contributed by atoms with Crippen LogP contribution < -0.4 is 11.0 Å². The maximum absolute atomic E-state index is 14.1. The zero-order valence-corrected chi connectivity index (χ0v) is 14.1. The fourth-order valence-corrected chi connectivity index (χ4v) is 3.18. The number of amides is 1. The predicted octanol–water partition coefficient (Wildman–Crippen LogP) is 1.95. The minimum atomic E-state index is -0.608.